The maximum Gasteiger partial charge on any atom is 0.237 e. The summed E-state index contributed by atoms with van der Waals surface area (Å²) in [5.41, 5.74) is 2.02. The van der Waals surface area contributed by atoms with Gasteiger partial charge in [-0.15, -0.1) is 0 Å². The molecule has 2 amide bonds. The molecule has 150 valence electrons. The van der Waals surface area contributed by atoms with Crippen LogP contribution in [0.15, 0.2) is 54.6 Å². The van der Waals surface area contributed by atoms with Crippen LogP contribution in [0.4, 0.5) is 5.69 Å². The minimum absolute atomic E-state index is 0.0297. The van der Waals surface area contributed by atoms with Crippen molar-refractivity contribution < 1.29 is 14.3 Å². The molecule has 3 heterocycles. The van der Waals surface area contributed by atoms with Crippen LogP contribution in [0.1, 0.15) is 30.9 Å². The molecule has 2 fully saturated rings. The van der Waals surface area contributed by atoms with E-state index in [1.807, 2.05) is 54.3 Å². The van der Waals surface area contributed by atoms with Crippen molar-refractivity contribution >= 4 is 17.5 Å². The predicted molar refractivity (Wildman–Crippen MR) is 111 cm³/mol. The van der Waals surface area contributed by atoms with Crippen molar-refractivity contribution in [2.45, 2.75) is 37.6 Å². The van der Waals surface area contributed by atoms with Gasteiger partial charge in [0.05, 0.1) is 30.1 Å². The molecule has 0 bridgehead atoms. The van der Waals surface area contributed by atoms with Crippen molar-refractivity contribution in [2.24, 2.45) is 5.41 Å². The Bertz CT molecular complexity index is 954. The van der Waals surface area contributed by atoms with Crippen molar-refractivity contribution in [2.75, 3.05) is 25.1 Å². The molecule has 0 radical (unpaired) electrons. The average molecular weight is 390 g/mol. The summed E-state index contributed by atoms with van der Waals surface area (Å²) in [7, 11) is 0. The number of fused-ring (bicyclic) bond motifs is 2. The van der Waals surface area contributed by atoms with E-state index in [0.717, 1.165) is 24.1 Å². The average Bonchev–Trinajstić information content (AvgIpc) is 3.24. The van der Waals surface area contributed by atoms with Crippen LogP contribution in [-0.2, 0) is 26.2 Å². The van der Waals surface area contributed by atoms with E-state index in [1.165, 1.54) is 5.56 Å². The van der Waals surface area contributed by atoms with Gasteiger partial charge in [-0.2, -0.15) is 0 Å². The normalized spacial score (nSPS) is 26.9. The first-order chi connectivity index (χ1) is 14.0. The maximum absolute atomic E-state index is 13.4. The van der Waals surface area contributed by atoms with Gasteiger partial charge in [0.15, 0.2) is 0 Å². The van der Waals surface area contributed by atoms with Crippen LogP contribution in [0.25, 0.3) is 0 Å². The molecular formula is C24H26N2O3. The van der Waals surface area contributed by atoms with Crippen LogP contribution in [0.3, 0.4) is 0 Å². The van der Waals surface area contributed by atoms with Crippen LogP contribution in [0.5, 0.6) is 0 Å². The van der Waals surface area contributed by atoms with Crippen molar-refractivity contribution in [1.82, 2.24) is 4.90 Å². The summed E-state index contributed by atoms with van der Waals surface area (Å²) in [6, 6.07) is 18.1. The van der Waals surface area contributed by atoms with Gasteiger partial charge in [-0.25, -0.2) is 0 Å². The lowest BCUT2D eigenvalue weighted by atomic mass is 9.73. The smallest absolute Gasteiger partial charge is 0.237 e. The molecule has 2 atom stereocenters. The first kappa shape index (κ1) is 18.4. The monoisotopic (exact) mass is 390 g/mol. The second kappa shape index (κ2) is 6.70. The number of nitrogens with one attached hydrogen (secondary N) is 1. The molecule has 2 aromatic rings. The summed E-state index contributed by atoms with van der Waals surface area (Å²) in [6.07, 6.45) is 2.26. The molecule has 5 rings (SSSR count). The van der Waals surface area contributed by atoms with Crippen LogP contribution < -0.4 is 5.32 Å². The molecule has 1 spiro atoms. The summed E-state index contributed by atoms with van der Waals surface area (Å²) in [5.74, 6) is 0.151. The number of hydrogen-bond acceptors (Lipinski definition) is 3. The topological polar surface area (TPSA) is 58.6 Å². The molecule has 0 aromatic heterocycles. The summed E-state index contributed by atoms with van der Waals surface area (Å²) >= 11 is 0. The summed E-state index contributed by atoms with van der Waals surface area (Å²) in [6.45, 7) is 3.50. The standard InChI is InChI=1S/C24H26N2O3/c1-23(15-29-16-23)22(28)26-14-13-24(18-9-5-6-10-19(18)25-21(24)27)20(26)12-11-17-7-3-2-4-8-17/h2-10,20H,11-16H2,1H3,(H,25,27)/t20-,24+/m0/s1. The van der Waals surface area contributed by atoms with E-state index in [2.05, 4.69) is 17.4 Å². The van der Waals surface area contributed by atoms with Crippen molar-refractivity contribution in [1.29, 1.82) is 0 Å². The Morgan fingerprint density at radius 1 is 1.14 bits per heavy atom. The molecule has 5 nitrogen and oxygen atoms in total. The van der Waals surface area contributed by atoms with Gasteiger partial charge in [0.2, 0.25) is 11.8 Å². The largest absolute Gasteiger partial charge is 0.379 e. The summed E-state index contributed by atoms with van der Waals surface area (Å²) in [5, 5.41) is 3.08. The summed E-state index contributed by atoms with van der Waals surface area (Å²) in [4.78, 5) is 28.7. The van der Waals surface area contributed by atoms with E-state index in [-0.39, 0.29) is 17.9 Å². The number of aryl methyl sites for hydroxylation is 1. The molecule has 3 aliphatic heterocycles. The number of ether oxygens (including phenoxy) is 1. The van der Waals surface area contributed by atoms with Gasteiger partial charge >= 0.3 is 0 Å². The fourth-order valence-electron chi connectivity index (χ4n) is 5.27. The van der Waals surface area contributed by atoms with Gasteiger partial charge in [-0.1, -0.05) is 48.5 Å². The zero-order valence-electron chi connectivity index (χ0n) is 16.7. The fourth-order valence-corrected chi connectivity index (χ4v) is 5.27. The van der Waals surface area contributed by atoms with Crippen LogP contribution in [0, 0.1) is 5.41 Å². The second-order valence-corrected chi connectivity index (χ2v) is 8.81. The SMILES string of the molecule is CC1(C(=O)N2CC[C@]3(C(=O)Nc4ccccc43)[C@@H]2CCc2ccccc2)COC1. The summed E-state index contributed by atoms with van der Waals surface area (Å²) < 4.78 is 5.35. The van der Waals surface area contributed by atoms with E-state index in [4.69, 9.17) is 4.74 Å². The highest BCUT2D eigenvalue weighted by atomic mass is 16.5. The lowest BCUT2D eigenvalue weighted by Crippen LogP contribution is -2.57. The Balaban J connectivity index is 1.52. The molecular weight excluding hydrogens is 364 g/mol. The molecule has 0 saturated carbocycles. The number of amides is 2. The Hall–Kier alpha value is -2.66. The van der Waals surface area contributed by atoms with Crippen molar-refractivity contribution in [3.63, 3.8) is 0 Å². The molecule has 0 aliphatic carbocycles. The number of likely N-dealkylation sites (tertiary alicyclic amines) is 1. The number of carbonyl (C=O) groups is 2. The predicted octanol–water partition coefficient (Wildman–Crippen LogP) is 3.15. The quantitative estimate of drug-likeness (QED) is 0.873. The Morgan fingerprint density at radius 3 is 2.59 bits per heavy atom. The number of hydrogen-bond donors (Lipinski definition) is 1. The number of nitrogens with zero attached hydrogens (tertiary/aromatic N) is 1. The first-order valence-corrected chi connectivity index (χ1v) is 10.4. The third kappa shape index (κ3) is 2.71. The number of rotatable bonds is 4. The van der Waals surface area contributed by atoms with Gasteiger partial charge in [0.1, 0.15) is 0 Å². The highest BCUT2D eigenvalue weighted by Gasteiger charge is 2.60. The third-order valence-electron chi connectivity index (χ3n) is 6.92. The van der Waals surface area contributed by atoms with Crippen LogP contribution >= 0.6 is 0 Å². The van der Waals surface area contributed by atoms with Crippen LogP contribution in [0.2, 0.25) is 0 Å². The van der Waals surface area contributed by atoms with Gasteiger partial charge in [0, 0.05) is 12.2 Å². The molecule has 29 heavy (non-hydrogen) atoms. The zero-order chi connectivity index (χ0) is 20.1. The van der Waals surface area contributed by atoms with Gasteiger partial charge in [-0.05, 0) is 43.4 Å². The van der Waals surface area contributed by atoms with Crippen molar-refractivity contribution in [3.8, 4) is 0 Å². The minimum atomic E-state index is -0.665. The van der Waals surface area contributed by atoms with E-state index in [1.54, 1.807) is 0 Å². The van der Waals surface area contributed by atoms with E-state index < -0.39 is 10.8 Å². The Labute approximate surface area is 171 Å². The fraction of sp³-hybridized carbons (Fsp3) is 0.417. The minimum Gasteiger partial charge on any atom is -0.379 e. The molecule has 0 unspecified atom stereocenters. The van der Waals surface area contributed by atoms with Gasteiger partial charge in [-0.3, -0.25) is 9.59 Å². The first-order valence-electron chi connectivity index (χ1n) is 10.4. The second-order valence-electron chi connectivity index (χ2n) is 8.81. The molecule has 2 aromatic carbocycles. The Kier molecular flexibility index (Phi) is 4.24. The maximum atomic E-state index is 13.4. The Morgan fingerprint density at radius 2 is 1.86 bits per heavy atom. The molecule has 2 saturated heterocycles. The van der Waals surface area contributed by atoms with E-state index >= 15 is 0 Å². The highest BCUT2D eigenvalue weighted by molar-refractivity contribution is 6.07. The molecule has 5 heteroatoms. The third-order valence-corrected chi connectivity index (χ3v) is 6.92. The van der Waals surface area contributed by atoms with E-state index in [0.29, 0.717) is 26.2 Å². The lowest BCUT2D eigenvalue weighted by Gasteiger charge is -2.42. The highest BCUT2D eigenvalue weighted by Crippen LogP contribution is 2.50. The van der Waals surface area contributed by atoms with E-state index in [9.17, 15) is 9.59 Å². The number of para-hydroxylation sites is 1. The molecule has 3 aliphatic rings. The van der Waals surface area contributed by atoms with Crippen molar-refractivity contribution in [3.05, 3.63) is 65.7 Å². The zero-order valence-corrected chi connectivity index (χ0v) is 16.7. The van der Waals surface area contributed by atoms with Gasteiger partial charge < -0.3 is 15.0 Å². The molecule has 1 N–H and O–H groups in total. The number of benzene rings is 2. The number of carbonyl (C=O) groups excluding carboxylic acids is 2. The van der Waals surface area contributed by atoms with Crippen LogP contribution in [-0.4, -0.2) is 42.5 Å². The lowest BCUT2D eigenvalue weighted by molar-refractivity contribution is -0.170. The number of anilines is 1. The van der Waals surface area contributed by atoms with Gasteiger partial charge in [0.25, 0.3) is 0 Å².